The van der Waals surface area contributed by atoms with Gasteiger partial charge in [0.25, 0.3) is 0 Å². The smallest absolute Gasteiger partial charge is 0.320 e. The number of tetrazole rings is 1. The highest BCUT2D eigenvalue weighted by molar-refractivity contribution is 5.87. The van der Waals surface area contributed by atoms with Crippen molar-refractivity contribution < 1.29 is 19.8 Å². The minimum Gasteiger partial charge on any atom is -0.480 e. The average molecular weight is 452 g/mol. The Bertz CT molecular complexity index is 1060. The summed E-state index contributed by atoms with van der Waals surface area (Å²) in [4.78, 5) is 24.8. The Hall–Kier alpha value is -3.43. The Balaban J connectivity index is 1.92. The van der Waals surface area contributed by atoms with Crippen LogP contribution in [0.4, 0.5) is 0 Å². The van der Waals surface area contributed by atoms with Crippen molar-refractivity contribution in [1.29, 1.82) is 0 Å². The molecule has 0 aliphatic carbocycles. The number of aromatic amines is 1. The summed E-state index contributed by atoms with van der Waals surface area (Å²) < 4.78 is 0. The van der Waals surface area contributed by atoms with E-state index in [1.807, 2.05) is 48.5 Å². The van der Waals surface area contributed by atoms with Gasteiger partial charge in [-0.3, -0.25) is 14.9 Å². The first-order valence-electron chi connectivity index (χ1n) is 10.9. The minimum atomic E-state index is -1.01. The summed E-state index contributed by atoms with van der Waals surface area (Å²) >= 11 is 0. The summed E-state index contributed by atoms with van der Waals surface area (Å²) in [5.41, 5.74) is 3.28. The molecule has 0 aliphatic rings. The molecular weight excluding hydrogens is 422 g/mol. The van der Waals surface area contributed by atoms with Crippen LogP contribution in [0.1, 0.15) is 45.2 Å². The van der Waals surface area contributed by atoms with Gasteiger partial charge in [-0.15, -0.1) is 10.2 Å². The zero-order chi connectivity index (χ0) is 24.0. The number of benzene rings is 2. The van der Waals surface area contributed by atoms with Crippen molar-refractivity contribution in [2.24, 2.45) is 5.92 Å². The van der Waals surface area contributed by atoms with Crippen LogP contribution >= 0.6 is 0 Å². The number of H-pyrrole nitrogens is 1. The molecule has 3 rings (SSSR count). The van der Waals surface area contributed by atoms with Crippen molar-refractivity contribution >= 4 is 11.8 Å². The predicted octanol–water partition coefficient (Wildman–Crippen LogP) is 3.00. The van der Waals surface area contributed by atoms with Gasteiger partial charge in [0.2, 0.25) is 5.82 Å². The quantitative estimate of drug-likeness (QED) is 0.349. The largest absolute Gasteiger partial charge is 0.480 e. The molecule has 9 heteroatoms. The maximum Gasteiger partial charge on any atom is 0.320 e. The standard InChI is InChI=1S/C24H29N5O4/c1-14(2)21(24(32)33)25-22(20(31)13-8-15(3)30)17-11-9-16(10-12-17)18-6-4-5-7-19(18)23-26-28-29-27-23/h4-7,9-12,14-15,21-22,25,30H,8,13H2,1-3H3,(H,32,33)(H,26,27,28,29)/t15-,21?,22?/m0/s1. The van der Waals surface area contributed by atoms with Crippen LogP contribution in [-0.4, -0.2) is 54.7 Å². The van der Waals surface area contributed by atoms with Crippen LogP contribution in [0.15, 0.2) is 48.5 Å². The van der Waals surface area contributed by atoms with E-state index in [0.717, 1.165) is 16.7 Å². The summed E-state index contributed by atoms with van der Waals surface area (Å²) in [6, 6.07) is 13.4. The number of carboxylic acid groups (broad SMARTS) is 1. The van der Waals surface area contributed by atoms with E-state index >= 15 is 0 Å². The van der Waals surface area contributed by atoms with Crippen molar-refractivity contribution in [3.05, 3.63) is 54.1 Å². The number of aliphatic hydroxyl groups excluding tert-OH is 1. The molecule has 0 bridgehead atoms. The number of nitrogens with zero attached hydrogens (tertiary/aromatic N) is 3. The number of rotatable bonds is 11. The van der Waals surface area contributed by atoms with Gasteiger partial charge >= 0.3 is 5.97 Å². The molecule has 0 amide bonds. The Morgan fingerprint density at radius 1 is 1.03 bits per heavy atom. The molecule has 33 heavy (non-hydrogen) atoms. The normalized spacial score (nSPS) is 14.1. The number of hydrogen-bond acceptors (Lipinski definition) is 7. The molecule has 0 saturated carbocycles. The molecule has 0 fully saturated rings. The molecule has 174 valence electrons. The Morgan fingerprint density at radius 2 is 1.70 bits per heavy atom. The number of Topliss-reactive ketones (excluding diaryl/α,β-unsaturated/α-hetero) is 1. The van der Waals surface area contributed by atoms with Gasteiger partial charge in [-0.05, 0) is 41.2 Å². The highest BCUT2D eigenvalue weighted by Crippen LogP contribution is 2.31. The minimum absolute atomic E-state index is 0.141. The molecule has 3 atom stereocenters. The summed E-state index contributed by atoms with van der Waals surface area (Å²) in [6.45, 7) is 5.21. The molecule has 2 aromatic carbocycles. The van der Waals surface area contributed by atoms with E-state index in [1.165, 1.54) is 0 Å². The first-order valence-corrected chi connectivity index (χ1v) is 10.9. The van der Waals surface area contributed by atoms with Gasteiger partial charge in [0, 0.05) is 12.0 Å². The molecule has 1 heterocycles. The molecule has 0 radical (unpaired) electrons. The summed E-state index contributed by atoms with van der Waals surface area (Å²) in [7, 11) is 0. The number of aliphatic carboxylic acids is 1. The fourth-order valence-corrected chi connectivity index (χ4v) is 3.66. The number of aromatic nitrogens is 4. The SMILES string of the molecule is CC(C)C(NC(C(=O)CC[C@H](C)O)c1ccc(-c2ccccc2-c2nn[nH]n2)cc1)C(=O)O. The third kappa shape index (κ3) is 6.09. The molecule has 3 aromatic rings. The van der Waals surface area contributed by atoms with Crippen LogP contribution in [0.2, 0.25) is 0 Å². The van der Waals surface area contributed by atoms with Crippen molar-refractivity contribution in [2.75, 3.05) is 0 Å². The van der Waals surface area contributed by atoms with Crippen LogP contribution in [-0.2, 0) is 9.59 Å². The molecule has 2 unspecified atom stereocenters. The molecule has 4 N–H and O–H groups in total. The molecular formula is C24H29N5O4. The first kappa shape index (κ1) is 24.2. The Kier molecular flexibility index (Phi) is 8.02. The first-order chi connectivity index (χ1) is 15.8. The summed E-state index contributed by atoms with van der Waals surface area (Å²) in [6.07, 6.45) is -0.159. The number of aliphatic hydroxyl groups is 1. The van der Waals surface area contributed by atoms with Gasteiger partial charge in [0.15, 0.2) is 5.78 Å². The second-order valence-corrected chi connectivity index (χ2v) is 8.42. The van der Waals surface area contributed by atoms with Crippen molar-refractivity contribution in [3.63, 3.8) is 0 Å². The van der Waals surface area contributed by atoms with E-state index in [2.05, 4.69) is 25.9 Å². The van der Waals surface area contributed by atoms with E-state index in [9.17, 15) is 19.8 Å². The molecule has 9 nitrogen and oxygen atoms in total. The lowest BCUT2D eigenvalue weighted by atomic mass is 9.93. The number of ketones is 1. The monoisotopic (exact) mass is 451 g/mol. The molecule has 0 saturated heterocycles. The van der Waals surface area contributed by atoms with Gasteiger partial charge in [-0.1, -0.05) is 62.4 Å². The Labute approximate surface area is 192 Å². The van der Waals surface area contributed by atoms with E-state index < -0.39 is 24.2 Å². The number of carbonyl (C=O) groups excluding carboxylic acids is 1. The highest BCUT2D eigenvalue weighted by Gasteiger charge is 2.29. The second kappa shape index (κ2) is 10.9. The zero-order valence-electron chi connectivity index (χ0n) is 18.9. The topological polar surface area (TPSA) is 141 Å². The van der Waals surface area contributed by atoms with Crippen LogP contribution in [0.3, 0.4) is 0 Å². The van der Waals surface area contributed by atoms with Crippen LogP contribution in [0.25, 0.3) is 22.5 Å². The van der Waals surface area contributed by atoms with E-state index in [4.69, 9.17) is 0 Å². The maximum atomic E-state index is 13.0. The van der Waals surface area contributed by atoms with Gasteiger partial charge in [0.1, 0.15) is 6.04 Å². The van der Waals surface area contributed by atoms with Crippen molar-refractivity contribution in [2.45, 2.75) is 51.8 Å². The molecule has 0 aliphatic heterocycles. The van der Waals surface area contributed by atoms with Crippen molar-refractivity contribution in [1.82, 2.24) is 25.9 Å². The van der Waals surface area contributed by atoms with E-state index in [-0.39, 0.29) is 18.1 Å². The molecule has 1 aromatic heterocycles. The number of hydrogen-bond donors (Lipinski definition) is 4. The van der Waals surface area contributed by atoms with Gasteiger partial charge in [0.05, 0.1) is 12.1 Å². The lowest BCUT2D eigenvalue weighted by molar-refractivity contribution is -0.141. The number of nitrogens with one attached hydrogen (secondary N) is 2. The third-order valence-corrected chi connectivity index (χ3v) is 5.48. The van der Waals surface area contributed by atoms with E-state index in [0.29, 0.717) is 17.8 Å². The van der Waals surface area contributed by atoms with Crippen LogP contribution in [0.5, 0.6) is 0 Å². The zero-order valence-corrected chi connectivity index (χ0v) is 18.9. The van der Waals surface area contributed by atoms with Gasteiger partial charge in [-0.2, -0.15) is 5.21 Å². The lowest BCUT2D eigenvalue weighted by Gasteiger charge is -2.25. The summed E-state index contributed by atoms with van der Waals surface area (Å²) in [5.74, 6) is -0.911. The fraction of sp³-hybridized carbons (Fsp3) is 0.375. The van der Waals surface area contributed by atoms with Gasteiger partial charge < -0.3 is 10.2 Å². The van der Waals surface area contributed by atoms with Gasteiger partial charge in [-0.25, -0.2) is 0 Å². The maximum absolute atomic E-state index is 13.0. The number of carbonyl (C=O) groups is 2. The summed E-state index contributed by atoms with van der Waals surface area (Å²) in [5, 5.41) is 36.5. The van der Waals surface area contributed by atoms with Crippen LogP contribution < -0.4 is 5.32 Å². The highest BCUT2D eigenvalue weighted by atomic mass is 16.4. The molecule has 0 spiro atoms. The number of carboxylic acids is 1. The second-order valence-electron chi connectivity index (χ2n) is 8.42. The third-order valence-electron chi connectivity index (χ3n) is 5.48. The van der Waals surface area contributed by atoms with Crippen LogP contribution in [0, 0.1) is 5.92 Å². The average Bonchev–Trinajstić information content (AvgIpc) is 3.32. The Morgan fingerprint density at radius 3 is 2.24 bits per heavy atom. The van der Waals surface area contributed by atoms with E-state index in [1.54, 1.807) is 20.8 Å². The predicted molar refractivity (Wildman–Crippen MR) is 123 cm³/mol. The fourth-order valence-electron chi connectivity index (χ4n) is 3.66. The van der Waals surface area contributed by atoms with Crippen molar-refractivity contribution in [3.8, 4) is 22.5 Å². The lowest BCUT2D eigenvalue weighted by Crippen LogP contribution is -2.45.